The molecule has 110 valence electrons. The molecule has 1 amide bonds. The highest BCUT2D eigenvalue weighted by atomic mass is 35.5. The van der Waals surface area contributed by atoms with Gasteiger partial charge in [0.05, 0.1) is 15.6 Å². The van der Waals surface area contributed by atoms with Gasteiger partial charge in [0.25, 0.3) is 5.91 Å². The van der Waals surface area contributed by atoms with Crippen LogP contribution in [0.25, 0.3) is 0 Å². The van der Waals surface area contributed by atoms with Crippen LogP contribution in [-0.2, 0) is 12.8 Å². The van der Waals surface area contributed by atoms with Crippen molar-refractivity contribution in [3.05, 3.63) is 63.1 Å². The molecule has 0 saturated heterocycles. The van der Waals surface area contributed by atoms with Crippen molar-refractivity contribution in [2.75, 3.05) is 5.32 Å². The number of carbonyl (C=O) groups excluding carboxylic acids is 1. The van der Waals surface area contributed by atoms with Crippen molar-refractivity contribution in [3.63, 3.8) is 0 Å². The maximum atomic E-state index is 12.5. The third-order valence-electron chi connectivity index (χ3n) is 3.43. The molecule has 0 fully saturated rings. The number of anilines is 1. The van der Waals surface area contributed by atoms with Gasteiger partial charge in [-0.05, 0) is 36.1 Å². The maximum Gasteiger partial charge on any atom is 0.258 e. The second-order valence-corrected chi connectivity index (χ2v) is 5.52. The van der Waals surface area contributed by atoms with Crippen molar-refractivity contribution in [1.29, 1.82) is 0 Å². The third kappa shape index (κ3) is 3.39. The molecule has 2 nitrogen and oxygen atoms in total. The van der Waals surface area contributed by atoms with Crippen LogP contribution < -0.4 is 5.32 Å². The molecule has 2 aromatic carbocycles. The van der Waals surface area contributed by atoms with E-state index in [1.165, 1.54) is 0 Å². The second-order valence-electron chi connectivity index (χ2n) is 4.71. The molecule has 1 N–H and O–H groups in total. The van der Waals surface area contributed by atoms with Gasteiger partial charge in [0, 0.05) is 5.69 Å². The zero-order valence-electron chi connectivity index (χ0n) is 12.0. The van der Waals surface area contributed by atoms with Crippen molar-refractivity contribution in [2.45, 2.75) is 26.7 Å². The number of carbonyl (C=O) groups is 1. The molecule has 4 heteroatoms. The van der Waals surface area contributed by atoms with Crippen LogP contribution in [0.1, 0.15) is 35.3 Å². The molecule has 0 saturated carbocycles. The smallest absolute Gasteiger partial charge is 0.258 e. The van der Waals surface area contributed by atoms with Crippen LogP contribution in [0.15, 0.2) is 36.4 Å². The predicted octanol–water partition coefficient (Wildman–Crippen LogP) is 5.37. The van der Waals surface area contributed by atoms with E-state index in [0.717, 1.165) is 29.7 Å². The summed E-state index contributed by atoms with van der Waals surface area (Å²) < 4.78 is 0. The lowest BCUT2D eigenvalue weighted by Crippen LogP contribution is -2.16. The van der Waals surface area contributed by atoms with E-state index in [4.69, 9.17) is 23.2 Å². The normalized spacial score (nSPS) is 10.5. The number of aryl methyl sites for hydroxylation is 2. The first-order valence-electron chi connectivity index (χ1n) is 6.94. The predicted molar refractivity (Wildman–Crippen MR) is 89.6 cm³/mol. The first-order chi connectivity index (χ1) is 10.1. The molecule has 0 bridgehead atoms. The van der Waals surface area contributed by atoms with Gasteiger partial charge in [-0.1, -0.05) is 61.3 Å². The van der Waals surface area contributed by atoms with Crippen LogP contribution in [0.4, 0.5) is 5.69 Å². The Morgan fingerprint density at radius 2 is 1.43 bits per heavy atom. The quantitative estimate of drug-likeness (QED) is 0.805. The number of nitrogens with one attached hydrogen (secondary N) is 1. The lowest BCUT2D eigenvalue weighted by molar-refractivity contribution is 0.102. The van der Waals surface area contributed by atoms with Crippen molar-refractivity contribution in [1.82, 2.24) is 0 Å². The van der Waals surface area contributed by atoms with Gasteiger partial charge in [-0.3, -0.25) is 4.79 Å². The first kappa shape index (κ1) is 15.9. The van der Waals surface area contributed by atoms with Crippen LogP contribution in [0.3, 0.4) is 0 Å². The number of para-hydroxylation sites is 1. The molecule has 0 radical (unpaired) electrons. The van der Waals surface area contributed by atoms with Crippen LogP contribution in [-0.4, -0.2) is 5.91 Å². The molecule has 0 heterocycles. The Balaban J connectivity index is 2.40. The summed E-state index contributed by atoms with van der Waals surface area (Å²) in [4.78, 5) is 12.5. The SMILES string of the molecule is CCc1cccc(CC)c1NC(=O)c1c(Cl)cccc1Cl. The molecular weight excluding hydrogens is 305 g/mol. The average Bonchev–Trinajstić information content (AvgIpc) is 2.47. The Morgan fingerprint density at radius 3 is 1.90 bits per heavy atom. The minimum absolute atomic E-state index is 0.277. The Labute approximate surface area is 135 Å². The van der Waals surface area contributed by atoms with Crippen molar-refractivity contribution in [3.8, 4) is 0 Å². The van der Waals surface area contributed by atoms with Gasteiger partial charge in [0.2, 0.25) is 0 Å². The van der Waals surface area contributed by atoms with E-state index in [9.17, 15) is 4.79 Å². The van der Waals surface area contributed by atoms with Crippen molar-refractivity contribution < 1.29 is 4.79 Å². The van der Waals surface area contributed by atoms with Crippen molar-refractivity contribution >= 4 is 34.8 Å². The monoisotopic (exact) mass is 321 g/mol. The van der Waals surface area contributed by atoms with E-state index < -0.39 is 0 Å². The number of rotatable bonds is 4. The molecule has 0 atom stereocenters. The summed E-state index contributed by atoms with van der Waals surface area (Å²) in [6.45, 7) is 4.12. The summed E-state index contributed by atoms with van der Waals surface area (Å²) in [7, 11) is 0. The topological polar surface area (TPSA) is 29.1 Å². The molecule has 0 aromatic heterocycles. The molecule has 21 heavy (non-hydrogen) atoms. The standard InChI is InChI=1S/C17H17Cl2NO/c1-3-11-7-5-8-12(4-2)16(11)20-17(21)15-13(18)9-6-10-14(15)19/h5-10H,3-4H2,1-2H3,(H,20,21). The summed E-state index contributed by atoms with van der Waals surface area (Å²) in [5, 5.41) is 3.68. The highest BCUT2D eigenvalue weighted by Crippen LogP contribution is 2.28. The maximum absolute atomic E-state index is 12.5. The minimum Gasteiger partial charge on any atom is -0.321 e. The van der Waals surface area contributed by atoms with Gasteiger partial charge in [-0.15, -0.1) is 0 Å². The summed E-state index contributed by atoms with van der Waals surface area (Å²) in [6, 6.07) is 11.1. The Hall–Kier alpha value is -1.51. The summed E-state index contributed by atoms with van der Waals surface area (Å²) in [5.41, 5.74) is 3.38. The van der Waals surface area contributed by atoms with Gasteiger partial charge >= 0.3 is 0 Å². The fraction of sp³-hybridized carbons (Fsp3) is 0.235. The fourth-order valence-electron chi connectivity index (χ4n) is 2.29. The number of amides is 1. The van der Waals surface area contributed by atoms with Crippen LogP contribution in [0.2, 0.25) is 10.0 Å². The van der Waals surface area contributed by atoms with Gasteiger partial charge in [-0.25, -0.2) is 0 Å². The Kier molecular flexibility index (Phi) is 5.27. The second kappa shape index (κ2) is 6.97. The third-order valence-corrected chi connectivity index (χ3v) is 4.06. The van der Waals surface area contributed by atoms with Crippen LogP contribution >= 0.6 is 23.2 Å². The Morgan fingerprint density at radius 1 is 0.952 bits per heavy atom. The number of hydrogen-bond acceptors (Lipinski definition) is 1. The van der Waals surface area contributed by atoms with Gasteiger partial charge in [-0.2, -0.15) is 0 Å². The summed E-state index contributed by atoms with van der Waals surface area (Å²) in [6.07, 6.45) is 1.69. The van der Waals surface area contributed by atoms with Gasteiger partial charge in [0.1, 0.15) is 0 Å². The number of benzene rings is 2. The van der Waals surface area contributed by atoms with E-state index >= 15 is 0 Å². The zero-order valence-corrected chi connectivity index (χ0v) is 13.6. The summed E-state index contributed by atoms with van der Waals surface area (Å²) in [5.74, 6) is -0.277. The minimum atomic E-state index is -0.277. The molecule has 0 unspecified atom stereocenters. The molecular formula is C17H17Cl2NO. The lowest BCUT2D eigenvalue weighted by Gasteiger charge is -2.15. The Bertz CT molecular complexity index is 625. The average molecular weight is 322 g/mol. The number of halogens is 2. The largest absolute Gasteiger partial charge is 0.321 e. The molecule has 0 aliphatic heterocycles. The lowest BCUT2D eigenvalue weighted by atomic mass is 10.0. The van der Waals surface area contributed by atoms with Crippen LogP contribution in [0.5, 0.6) is 0 Å². The van der Waals surface area contributed by atoms with E-state index in [1.807, 2.05) is 18.2 Å². The first-order valence-corrected chi connectivity index (χ1v) is 7.70. The van der Waals surface area contributed by atoms with E-state index in [2.05, 4.69) is 19.2 Å². The highest BCUT2D eigenvalue weighted by Gasteiger charge is 2.17. The van der Waals surface area contributed by atoms with E-state index in [0.29, 0.717) is 15.6 Å². The van der Waals surface area contributed by atoms with Gasteiger partial charge < -0.3 is 5.32 Å². The number of hydrogen-bond donors (Lipinski definition) is 1. The van der Waals surface area contributed by atoms with Crippen molar-refractivity contribution in [2.24, 2.45) is 0 Å². The summed E-state index contributed by atoms with van der Waals surface area (Å²) >= 11 is 12.2. The molecule has 0 aliphatic rings. The van der Waals surface area contributed by atoms with Gasteiger partial charge in [0.15, 0.2) is 0 Å². The zero-order chi connectivity index (χ0) is 15.4. The van der Waals surface area contributed by atoms with E-state index in [1.54, 1.807) is 18.2 Å². The van der Waals surface area contributed by atoms with E-state index in [-0.39, 0.29) is 5.91 Å². The molecule has 0 spiro atoms. The molecule has 2 aromatic rings. The highest BCUT2D eigenvalue weighted by molar-refractivity contribution is 6.40. The fourth-order valence-corrected chi connectivity index (χ4v) is 2.86. The molecule has 0 aliphatic carbocycles. The van der Waals surface area contributed by atoms with Crippen LogP contribution in [0, 0.1) is 0 Å². The molecule has 2 rings (SSSR count).